The Bertz CT molecular complexity index is 672. The van der Waals surface area contributed by atoms with Crippen LogP contribution in [-0.4, -0.2) is 22.6 Å². The molecule has 0 aliphatic carbocycles. The highest BCUT2D eigenvalue weighted by atomic mass is 35.5. The zero-order chi connectivity index (χ0) is 15.9. The van der Waals surface area contributed by atoms with Crippen LogP contribution in [0.2, 0.25) is 5.02 Å². The van der Waals surface area contributed by atoms with Gasteiger partial charge in [0.1, 0.15) is 0 Å². The maximum atomic E-state index is 10.9. The van der Waals surface area contributed by atoms with E-state index < -0.39 is 5.97 Å². The Kier molecular flexibility index (Phi) is 5.69. The van der Waals surface area contributed by atoms with Crippen molar-refractivity contribution in [2.45, 2.75) is 12.3 Å². The minimum Gasteiger partial charge on any atom is -0.481 e. The van der Waals surface area contributed by atoms with Crippen LogP contribution in [0.3, 0.4) is 0 Å². The first-order valence-corrected chi connectivity index (χ1v) is 7.28. The van der Waals surface area contributed by atoms with E-state index in [0.717, 1.165) is 16.8 Å². The number of hydrogen-bond donors (Lipinski definition) is 2. The van der Waals surface area contributed by atoms with Crippen LogP contribution in [0.4, 0.5) is 0 Å². The summed E-state index contributed by atoms with van der Waals surface area (Å²) in [4.78, 5) is 15.1. The number of carbonyl (C=O) groups is 1. The molecule has 2 aromatic rings. The fourth-order valence-corrected chi connectivity index (χ4v) is 2.32. The molecule has 0 unspecified atom stereocenters. The maximum Gasteiger partial charge on any atom is 0.304 e. The van der Waals surface area contributed by atoms with Gasteiger partial charge in [0.05, 0.1) is 12.1 Å². The third-order valence-corrected chi connectivity index (χ3v) is 3.66. The van der Waals surface area contributed by atoms with E-state index in [2.05, 4.69) is 4.98 Å². The number of carboxylic acid groups (broad SMARTS) is 1. The van der Waals surface area contributed by atoms with Crippen molar-refractivity contribution in [1.82, 2.24) is 4.98 Å². The van der Waals surface area contributed by atoms with Gasteiger partial charge in [-0.3, -0.25) is 9.78 Å². The molecule has 0 bridgehead atoms. The van der Waals surface area contributed by atoms with Crippen molar-refractivity contribution in [2.75, 3.05) is 6.54 Å². The molecule has 5 heteroatoms. The minimum atomic E-state index is -0.865. The van der Waals surface area contributed by atoms with Gasteiger partial charge >= 0.3 is 5.97 Å². The SMILES string of the molecule is NC[C@H](CC(=O)O)c1ccc(Cl)c(C=Cc2ccccn2)c1. The normalized spacial score (nSPS) is 12.5. The number of aromatic nitrogens is 1. The molecule has 1 aromatic carbocycles. The largest absolute Gasteiger partial charge is 0.481 e. The van der Waals surface area contributed by atoms with E-state index in [9.17, 15) is 4.79 Å². The third-order valence-electron chi connectivity index (χ3n) is 3.32. The van der Waals surface area contributed by atoms with Crippen molar-refractivity contribution in [3.05, 3.63) is 64.4 Å². The lowest BCUT2D eigenvalue weighted by Gasteiger charge is -2.14. The van der Waals surface area contributed by atoms with Crippen molar-refractivity contribution in [1.29, 1.82) is 0 Å². The van der Waals surface area contributed by atoms with Gasteiger partial charge in [-0.25, -0.2) is 0 Å². The molecule has 0 amide bonds. The Morgan fingerprint density at radius 3 is 2.77 bits per heavy atom. The lowest BCUT2D eigenvalue weighted by molar-refractivity contribution is -0.137. The Hall–Kier alpha value is -2.17. The number of carboxylic acids is 1. The van der Waals surface area contributed by atoms with E-state index in [1.807, 2.05) is 42.5 Å². The van der Waals surface area contributed by atoms with Gasteiger partial charge in [-0.05, 0) is 48.0 Å². The number of hydrogen-bond acceptors (Lipinski definition) is 3. The molecule has 0 fully saturated rings. The highest BCUT2D eigenvalue weighted by Gasteiger charge is 2.14. The third kappa shape index (κ3) is 4.41. The van der Waals surface area contributed by atoms with Crippen molar-refractivity contribution >= 4 is 29.7 Å². The van der Waals surface area contributed by atoms with Crippen LogP contribution in [0, 0.1) is 0 Å². The van der Waals surface area contributed by atoms with Crippen LogP contribution >= 0.6 is 11.6 Å². The molecule has 1 aromatic heterocycles. The van der Waals surface area contributed by atoms with Crippen LogP contribution in [0.1, 0.15) is 29.2 Å². The van der Waals surface area contributed by atoms with Gasteiger partial charge in [0.2, 0.25) is 0 Å². The molecular weight excluding hydrogens is 300 g/mol. The Labute approximate surface area is 134 Å². The van der Waals surface area contributed by atoms with Crippen molar-refractivity contribution in [3.8, 4) is 0 Å². The summed E-state index contributed by atoms with van der Waals surface area (Å²) in [5.41, 5.74) is 8.19. The second kappa shape index (κ2) is 7.73. The molecule has 22 heavy (non-hydrogen) atoms. The second-order valence-corrected chi connectivity index (χ2v) is 5.31. The Morgan fingerprint density at radius 1 is 1.32 bits per heavy atom. The molecule has 0 radical (unpaired) electrons. The summed E-state index contributed by atoms with van der Waals surface area (Å²) < 4.78 is 0. The molecule has 2 rings (SSSR count). The second-order valence-electron chi connectivity index (χ2n) is 4.90. The maximum absolute atomic E-state index is 10.9. The van der Waals surface area contributed by atoms with E-state index in [0.29, 0.717) is 5.02 Å². The summed E-state index contributed by atoms with van der Waals surface area (Å²) in [6.45, 7) is 0.275. The van der Waals surface area contributed by atoms with Crippen molar-refractivity contribution < 1.29 is 9.90 Å². The number of pyridine rings is 1. The predicted octanol–water partition coefficient (Wildman–Crippen LogP) is 3.42. The summed E-state index contributed by atoms with van der Waals surface area (Å²) >= 11 is 6.20. The smallest absolute Gasteiger partial charge is 0.304 e. The molecule has 0 saturated heterocycles. The van der Waals surface area contributed by atoms with E-state index >= 15 is 0 Å². The number of rotatable bonds is 6. The van der Waals surface area contributed by atoms with Crippen molar-refractivity contribution in [3.63, 3.8) is 0 Å². The summed E-state index contributed by atoms with van der Waals surface area (Å²) in [6, 6.07) is 11.1. The molecule has 0 aliphatic heterocycles. The molecule has 4 nitrogen and oxygen atoms in total. The number of halogens is 1. The summed E-state index contributed by atoms with van der Waals surface area (Å²) in [5.74, 6) is -1.09. The quantitative estimate of drug-likeness (QED) is 0.856. The highest BCUT2D eigenvalue weighted by molar-refractivity contribution is 6.32. The van der Waals surface area contributed by atoms with E-state index in [4.69, 9.17) is 22.4 Å². The molecule has 3 N–H and O–H groups in total. The lowest BCUT2D eigenvalue weighted by atomic mass is 9.94. The highest BCUT2D eigenvalue weighted by Crippen LogP contribution is 2.26. The first-order valence-electron chi connectivity index (χ1n) is 6.90. The fourth-order valence-electron chi connectivity index (χ4n) is 2.14. The summed E-state index contributed by atoms with van der Waals surface area (Å²) in [7, 11) is 0. The van der Waals surface area contributed by atoms with Crippen LogP contribution in [-0.2, 0) is 4.79 Å². The molecule has 1 atom stereocenters. The number of nitrogens with two attached hydrogens (primary N) is 1. The standard InChI is InChI=1S/C17H17ClN2O2/c18-16-7-5-12(14(11-19)10-17(21)22)9-13(16)4-6-15-3-1-2-8-20-15/h1-9,14H,10-11,19H2,(H,21,22)/t14-/m0/s1. The number of benzene rings is 1. The van der Waals surface area contributed by atoms with Crippen LogP contribution in [0.15, 0.2) is 42.6 Å². The summed E-state index contributed by atoms with van der Waals surface area (Å²) in [6.07, 6.45) is 5.44. The minimum absolute atomic E-state index is 0.00152. The van der Waals surface area contributed by atoms with E-state index in [1.54, 1.807) is 12.3 Å². The fraction of sp³-hybridized carbons (Fsp3) is 0.176. The average Bonchev–Trinajstić information content (AvgIpc) is 2.53. The van der Waals surface area contributed by atoms with Gasteiger partial charge < -0.3 is 10.8 Å². The number of nitrogens with zero attached hydrogens (tertiary/aromatic N) is 1. The van der Waals surface area contributed by atoms with Gasteiger partial charge in [0.15, 0.2) is 0 Å². The molecular formula is C17H17ClN2O2. The predicted molar refractivity (Wildman–Crippen MR) is 88.7 cm³/mol. The summed E-state index contributed by atoms with van der Waals surface area (Å²) in [5, 5.41) is 9.55. The van der Waals surface area contributed by atoms with Gasteiger partial charge in [-0.1, -0.05) is 29.8 Å². The van der Waals surface area contributed by atoms with Crippen LogP contribution < -0.4 is 5.73 Å². The van der Waals surface area contributed by atoms with Crippen molar-refractivity contribution in [2.24, 2.45) is 5.73 Å². The molecule has 0 spiro atoms. The van der Waals surface area contributed by atoms with Gasteiger partial charge in [-0.2, -0.15) is 0 Å². The molecule has 0 aliphatic rings. The average molecular weight is 317 g/mol. The zero-order valence-electron chi connectivity index (χ0n) is 11.9. The number of aliphatic carboxylic acids is 1. The zero-order valence-corrected chi connectivity index (χ0v) is 12.7. The molecule has 0 saturated carbocycles. The van der Waals surface area contributed by atoms with Gasteiger partial charge in [0, 0.05) is 17.1 Å². The first-order chi connectivity index (χ1) is 10.6. The van der Waals surface area contributed by atoms with Crippen LogP contribution in [0.25, 0.3) is 12.2 Å². The molecule has 114 valence electrons. The Balaban J connectivity index is 2.26. The Morgan fingerprint density at radius 2 is 2.14 bits per heavy atom. The molecule has 1 heterocycles. The van der Waals surface area contributed by atoms with E-state index in [1.165, 1.54) is 0 Å². The topological polar surface area (TPSA) is 76.2 Å². The van der Waals surface area contributed by atoms with Gasteiger partial charge in [-0.15, -0.1) is 0 Å². The first kappa shape index (κ1) is 16.2. The lowest BCUT2D eigenvalue weighted by Crippen LogP contribution is -2.16. The van der Waals surface area contributed by atoms with Crippen LogP contribution in [0.5, 0.6) is 0 Å². The van der Waals surface area contributed by atoms with Gasteiger partial charge in [0.25, 0.3) is 0 Å². The monoisotopic (exact) mass is 316 g/mol. The van der Waals surface area contributed by atoms with E-state index in [-0.39, 0.29) is 18.9 Å².